The maximum atomic E-state index is 13.4. The van der Waals surface area contributed by atoms with Crippen molar-refractivity contribution in [1.82, 2.24) is 19.8 Å². The Morgan fingerprint density at radius 1 is 1.13 bits per heavy atom. The van der Waals surface area contributed by atoms with Crippen LogP contribution in [0.15, 0.2) is 42.5 Å². The predicted octanol–water partition coefficient (Wildman–Crippen LogP) is 4.53. The van der Waals surface area contributed by atoms with E-state index in [2.05, 4.69) is 10.3 Å². The molecular weight excluding hydrogens is 395 g/mol. The fraction of sp³-hybridized carbons (Fsp3) is 0.417. The molecule has 2 N–H and O–H groups in total. The summed E-state index contributed by atoms with van der Waals surface area (Å²) in [7, 11) is 0. The number of para-hydroxylation sites is 1. The molecule has 31 heavy (non-hydrogen) atoms. The number of amides is 1. The molecule has 1 aromatic heterocycles. The van der Waals surface area contributed by atoms with E-state index >= 15 is 0 Å². The Morgan fingerprint density at radius 2 is 1.90 bits per heavy atom. The van der Waals surface area contributed by atoms with Crippen molar-refractivity contribution in [3.05, 3.63) is 59.4 Å². The third-order valence-corrected chi connectivity index (χ3v) is 5.60. The summed E-state index contributed by atoms with van der Waals surface area (Å²) in [5.74, 6) is 0.363. The van der Waals surface area contributed by atoms with Crippen molar-refractivity contribution in [2.24, 2.45) is 0 Å². The van der Waals surface area contributed by atoms with E-state index < -0.39 is 5.60 Å². The van der Waals surface area contributed by atoms with E-state index in [1.54, 1.807) is 12.1 Å². The number of ether oxygens (including phenoxy) is 1. The van der Waals surface area contributed by atoms with Crippen LogP contribution in [0.1, 0.15) is 38.3 Å². The molecule has 1 saturated heterocycles. The van der Waals surface area contributed by atoms with Crippen molar-refractivity contribution in [2.45, 2.75) is 39.2 Å². The lowest BCUT2D eigenvalue weighted by molar-refractivity contribution is 0.0262. The summed E-state index contributed by atoms with van der Waals surface area (Å²) in [5, 5.41) is 3.38. The topological polar surface area (TPSA) is 67.0 Å². The van der Waals surface area contributed by atoms with Crippen molar-refractivity contribution in [2.75, 3.05) is 26.2 Å². The van der Waals surface area contributed by atoms with Gasteiger partial charge in [0.15, 0.2) is 0 Å². The second-order valence-electron chi connectivity index (χ2n) is 9.18. The number of rotatable bonds is 3. The first-order valence-corrected chi connectivity index (χ1v) is 10.8. The Kier molecular flexibility index (Phi) is 5.81. The van der Waals surface area contributed by atoms with Gasteiger partial charge < -0.3 is 10.1 Å². The van der Waals surface area contributed by atoms with Crippen molar-refractivity contribution in [1.29, 1.82) is 0 Å². The van der Waals surface area contributed by atoms with Crippen molar-refractivity contribution in [3.8, 4) is 0 Å². The third kappa shape index (κ3) is 4.62. The summed E-state index contributed by atoms with van der Waals surface area (Å²) in [5.41, 5.74) is 3.17. The zero-order chi connectivity index (χ0) is 22.1. The highest BCUT2D eigenvalue weighted by Crippen LogP contribution is 2.29. The molecule has 4 rings (SSSR count). The zero-order valence-electron chi connectivity index (χ0n) is 18.4. The number of carbonyl (C=O) groups is 1. The van der Waals surface area contributed by atoms with Gasteiger partial charge in [0.25, 0.3) is 0 Å². The van der Waals surface area contributed by atoms with Gasteiger partial charge in [0, 0.05) is 19.5 Å². The Hall–Kier alpha value is -2.77. The van der Waals surface area contributed by atoms with Crippen LogP contribution in [-0.2, 0) is 11.2 Å². The average Bonchev–Trinajstić information content (AvgIpc) is 2.99. The van der Waals surface area contributed by atoms with Crippen LogP contribution in [0.5, 0.6) is 0 Å². The first-order valence-electron chi connectivity index (χ1n) is 10.8. The number of H-pyrrole nitrogens is 1. The Morgan fingerprint density at radius 3 is 2.65 bits per heavy atom. The highest BCUT2D eigenvalue weighted by molar-refractivity contribution is 5.86. The third-order valence-electron chi connectivity index (χ3n) is 5.60. The normalized spacial score (nSPS) is 19.9. The molecule has 164 valence electrons. The molecule has 0 aliphatic carbocycles. The Bertz CT molecular complexity index is 1060. The summed E-state index contributed by atoms with van der Waals surface area (Å²) < 4.78 is 19.2. The molecule has 2 heterocycles. The fourth-order valence-corrected chi connectivity index (χ4v) is 4.06. The van der Waals surface area contributed by atoms with E-state index in [0.717, 1.165) is 35.1 Å². The minimum atomic E-state index is -0.582. The zero-order valence-corrected chi connectivity index (χ0v) is 18.4. The summed E-state index contributed by atoms with van der Waals surface area (Å²) in [6, 6.07) is 12.5. The molecule has 1 amide bonds. The molecular formula is C24H30FN4O2+. The molecule has 1 aliphatic rings. The molecule has 0 saturated carbocycles. The van der Waals surface area contributed by atoms with Gasteiger partial charge in [-0.3, -0.25) is 4.98 Å². The van der Waals surface area contributed by atoms with Crippen LogP contribution in [0, 0.1) is 5.82 Å². The summed E-state index contributed by atoms with van der Waals surface area (Å²) >= 11 is 0. The van der Waals surface area contributed by atoms with E-state index in [-0.39, 0.29) is 16.4 Å². The molecule has 0 spiro atoms. The van der Waals surface area contributed by atoms with E-state index in [1.165, 1.54) is 12.1 Å². The van der Waals surface area contributed by atoms with Gasteiger partial charge in [0.1, 0.15) is 18.0 Å². The lowest BCUT2D eigenvalue weighted by Gasteiger charge is -2.32. The van der Waals surface area contributed by atoms with Gasteiger partial charge in [-0.05, 0) is 56.5 Å². The molecule has 1 atom stereocenters. The average molecular weight is 426 g/mol. The molecule has 1 aliphatic heterocycles. The van der Waals surface area contributed by atoms with Crippen molar-refractivity contribution >= 4 is 23.1 Å². The minimum Gasteiger partial charge on any atom is -0.414 e. The van der Waals surface area contributed by atoms with Crippen LogP contribution in [0.3, 0.4) is 0 Å². The minimum absolute atomic E-state index is 0.0366. The number of carbonyl (C=O) groups excluding carboxylic acids is 1. The molecule has 0 bridgehead atoms. The fourth-order valence-electron chi connectivity index (χ4n) is 4.06. The van der Waals surface area contributed by atoms with Crippen LogP contribution in [0.2, 0.25) is 0 Å². The molecule has 1 unspecified atom stereocenters. The number of nitrogens with zero attached hydrogens (tertiary/aromatic N) is 2. The van der Waals surface area contributed by atoms with Gasteiger partial charge in [-0.1, -0.05) is 24.3 Å². The molecule has 1 fully saturated rings. The quantitative estimate of drug-likeness (QED) is 0.605. The van der Waals surface area contributed by atoms with Crippen LogP contribution >= 0.6 is 0 Å². The van der Waals surface area contributed by atoms with Crippen molar-refractivity contribution in [3.63, 3.8) is 0 Å². The lowest BCUT2D eigenvalue weighted by Crippen LogP contribution is -2.58. The van der Waals surface area contributed by atoms with Gasteiger partial charge in [-0.25, -0.2) is 4.39 Å². The van der Waals surface area contributed by atoms with Crippen LogP contribution < -0.4 is 9.80 Å². The first kappa shape index (κ1) is 21.5. The summed E-state index contributed by atoms with van der Waals surface area (Å²) in [4.78, 5) is 21.7. The maximum absolute atomic E-state index is 13.4. The first-order chi connectivity index (χ1) is 14.8. The highest BCUT2D eigenvalue weighted by atomic mass is 19.1. The predicted molar refractivity (Wildman–Crippen MR) is 121 cm³/mol. The van der Waals surface area contributed by atoms with E-state index in [9.17, 15) is 9.18 Å². The van der Waals surface area contributed by atoms with Gasteiger partial charge in [-0.15, -0.1) is 0 Å². The smallest absolute Gasteiger partial charge is 0.414 e. The van der Waals surface area contributed by atoms with Gasteiger partial charge in [0.2, 0.25) is 0 Å². The molecule has 2 aromatic carbocycles. The number of hydrogen-bond donors (Lipinski definition) is 2. The summed E-state index contributed by atoms with van der Waals surface area (Å²) in [6.45, 7) is 8.42. The molecule has 7 heteroatoms. The Labute approximate surface area is 182 Å². The number of hydrogen-bond acceptors (Lipinski definition) is 4. The molecule has 3 aromatic rings. The maximum Gasteiger partial charge on any atom is 0.524 e. The van der Waals surface area contributed by atoms with Crippen LogP contribution in [0.4, 0.5) is 15.1 Å². The van der Waals surface area contributed by atoms with E-state index in [0.29, 0.717) is 32.0 Å². The summed E-state index contributed by atoms with van der Waals surface area (Å²) in [6.07, 6.45) is 1.20. The second-order valence-corrected chi connectivity index (χ2v) is 9.18. The number of halogens is 1. The number of aromatic nitrogens is 2. The monoisotopic (exact) mass is 425 g/mol. The Balaban J connectivity index is 1.75. The van der Waals surface area contributed by atoms with Crippen molar-refractivity contribution < 1.29 is 13.9 Å². The lowest BCUT2D eigenvalue weighted by atomic mass is 10.0. The van der Waals surface area contributed by atoms with Crippen LogP contribution in [-0.4, -0.2) is 47.8 Å². The van der Waals surface area contributed by atoms with Crippen LogP contribution in [0.25, 0.3) is 11.0 Å². The highest BCUT2D eigenvalue weighted by Gasteiger charge is 2.46. The number of fused-ring (bicyclic) bond motifs is 1. The van der Waals surface area contributed by atoms with E-state index in [4.69, 9.17) is 9.72 Å². The number of imidazole rings is 1. The number of nitrogens with one attached hydrogen (secondary N) is 2. The van der Waals surface area contributed by atoms with Gasteiger partial charge in [0.05, 0.1) is 17.6 Å². The number of quaternary nitrogens is 1. The van der Waals surface area contributed by atoms with Gasteiger partial charge in [-0.2, -0.15) is 14.3 Å². The standard InChI is InChI=1S/C24H30FN4O2/c1-24(2,3)31-23(30)29(14-5-12-26-13-15-29)22-27-20-7-4-6-18(21(20)28-22)16-17-8-10-19(25)11-9-17/h4,6-11,26H,5,12-16H2,1-3H3,(H,27,28)/q+1. The van der Waals surface area contributed by atoms with Gasteiger partial charge >= 0.3 is 12.0 Å². The largest absolute Gasteiger partial charge is 0.524 e. The number of aromatic amines is 1. The SMILES string of the molecule is CC(C)(C)OC(=O)[N+]1(c2nc3c(Cc4ccc(F)cc4)cccc3[nH]2)CCCNCC1. The molecule has 6 nitrogen and oxygen atoms in total. The molecule has 0 radical (unpaired) electrons. The van der Waals surface area contributed by atoms with E-state index in [1.807, 2.05) is 39.0 Å². The second kappa shape index (κ2) is 8.40. The number of benzene rings is 2.